The molecule has 36 heavy (non-hydrogen) atoms. The van der Waals surface area contributed by atoms with Gasteiger partial charge in [-0.3, -0.25) is 0 Å². The van der Waals surface area contributed by atoms with Crippen LogP contribution in [0.3, 0.4) is 0 Å². The molecule has 1 heteroatoms. The second-order valence-electron chi connectivity index (χ2n) is 12.6. The molecule has 1 aromatic rings. The number of rotatable bonds is 18. The van der Waals surface area contributed by atoms with Crippen LogP contribution in [0.5, 0.6) is 5.75 Å². The quantitative estimate of drug-likeness (QED) is 0.184. The number of ether oxygens (including phenoxy) is 1. The van der Waals surface area contributed by atoms with Gasteiger partial charge in [-0.25, -0.2) is 0 Å². The van der Waals surface area contributed by atoms with Gasteiger partial charge in [0.2, 0.25) is 0 Å². The Morgan fingerprint density at radius 3 is 1.47 bits per heavy atom. The van der Waals surface area contributed by atoms with Gasteiger partial charge in [0.15, 0.2) is 0 Å². The molecule has 2 saturated carbocycles. The Hall–Kier alpha value is -0.980. The van der Waals surface area contributed by atoms with Gasteiger partial charge in [0.25, 0.3) is 0 Å². The van der Waals surface area contributed by atoms with Crippen molar-refractivity contribution in [1.82, 2.24) is 0 Å². The molecular formula is C35H60O. The standard InChI is InChI=1S/C35H60O/c1-3-5-7-9-11-14-30-17-19-32(20-18-30)16-13-29-36-35-27-25-34(26-28-35)33-23-21-31(22-24-33)15-12-10-8-6-4-2/h25-28,30-33H,3-24,29H2,1-2H3/t30-,31-,32-,33-. The summed E-state index contributed by atoms with van der Waals surface area (Å²) >= 11 is 0. The molecule has 0 heterocycles. The second kappa shape index (κ2) is 18.3. The third-order valence-corrected chi connectivity index (χ3v) is 9.62. The zero-order valence-corrected chi connectivity index (χ0v) is 24.3. The minimum atomic E-state index is 0.779. The molecule has 0 N–H and O–H groups in total. The van der Waals surface area contributed by atoms with Gasteiger partial charge in [-0.2, -0.15) is 0 Å². The highest BCUT2D eigenvalue weighted by Crippen LogP contribution is 2.38. The second-order valence-corrected chi connectivity index (χ2v) is 12.6. The summed E-state index contributed by atoms with van der Waals surface area (Å²) in [6.07, 6.45) is 31.5. The van der Waals surface area contributed by atoms with E-state index >= 15 is 0 Å². The van der Waals surface area contributed by atoms with E-state index in [-0.39, 0.29) is 0 Å². The van der Waals surface area contributed by atoms with E-state index in [9.17, 15) is 0 Å². The number of hydrogen-bond acceptors (Lipinski definition) is 1. The topological polar surface area (TPSA) is 9.23 Å². The smallest absolute Gasteiger partial charge is 0.119 e. The molecule has 0 saturated heterocycles. The summed E-state index contributed by atoms with van der Waals surface area (Å²) in [5.41, 5.74) is 1.55. The minimum Gasteiger partial charge on any atom is -0.494 e. The number of benzene rings is 1. The third kappa shape index (κ3) is 11.6. The van der Waals surface area contributed by atoms with Crippen molar-refractivity contribution in [3.8, 4) is 5.75 Å². The van der Waals surface area contributed by atoms with Crippen LogP contribution in [0.25, 0.3) is 0 Å². The molecule has 2 fully saturated rings. The van der Waals surface area contributed by atoms with Gasteiger partial charge < -0.3 is 4.74 Å². The Morgan fingerprint density at radius 1 is 0.528 bits per heavy atom. The molecule has 1 aromatic carbocycles. The van der Waals surface area contributed by atoms with Crippen LogP contribution in [0, 0.1) is 17.8 Å². The van der Waals surface area contributed by atoms with Crippen molar-refractivity contribution < 1.29 is 4.74 Å². The lowest BCUT2D eigenvalue weighted by Gasteiger charge is -2.29. The molecule has 0 amide bonds. The monoisotopic (exact) mass is 496 g/mol. The first kappa shape index (κ1) is 29.6. The first-order valence-electron chi connectivity index (χ1n) is 16.5. The molecule has 0 aliphatic heterocycles. The molecule has 0 radical (unpaired) electrons. The molecule has 1 nitrogen and oxygen atoms in total. The fourth-order valence-corrected chi connectivity index (χ4v) is 7.06. The van der Waals surface area contributed by atoms with E-state index in [4.69, 9.17) is 4.74 Å². The van der Waals surface area contributed by atoms with Gasteiger partial charge in [0, 0.05) is 0 Å². The maximum absolute atomic E-state index is 6.14. The van der Waals surface area contributed by atoms with Crippen molar-refractivity contribution in [2.75, 3.05) is 6.61 Å². The average Bonchev–Trinajstić information content (AvgIpc) is 2.92. The molecular weight excluding hydrogens is 436 g/mol. The normalized spacial score (nSPS) is 24.6. The largest absolute Gasteiger partial charge is 0.494 e. The summed E-state index contributed by atoms with van der Waals surface area (Å²) in [6, 6.07) is 9.19. The summed E-state index contributed by atoms with van der Waals surface area (Å²) in [5.74, 6) is 4.84. The molecule has 2 aliphatic rings. The first-order valence-corrected chi connectivity index (χ1v) is 16.5. The molecule has 0 aromatic heterocycles. The van der Waals surface area contributed by atoms with E-state index in [2.05, 4.69) is 38.1 Å². The van der Waals surface area contributed by atoms with Crippen molar-refractivity contribution in [3.63, 3.8) is 0 Å². The lowest BCUT2D eigenvalue weighted by molar-refractivity contribution is 0.228. The zero-order valence-electron chi connectivity index (χ0n) is 24.3. The van der Waals surface area contributed by atoms with E-state index in [0.717, 1.165) is 36.0 Å². The summed E-state index contributed by atoms with van der Waals surface area (Å²) in [7, 11) is 0. The Bertz CT molecular complexity index is 633. The van der Waals surface area contributed by atoms with Gasteiger partial charge in [-0.1, -0.05) is 129 Å². The van der Waals surface area contributed by atoms with E-state index in [1.54, 1.807) is 5.56 Å². The molecule has 0 atom stereocenters. The van der Waals surface area contributed by atoms with E-state index in [0.29, 0.717) is 0 Å². The molecule has 0 bridgehead atoms. The van der Waals surface area contributed by atoms with Crippen LogP contribution in [-0.4, -0.2) is 6.61 Å². The fourth-order valence-electron chi connectivity index (χ4n) is 7.06. The maximum atomic E-state index is 6.14. The highest BCUT2D eigenvalue weighted by atomic mass is 16.5. The van der Waals surface area contributed by atoms with Gasteiger partial charge in [0.05, 0.1) is 6.61 Å². The van der Waals surface area contributed by atoms with Gasteiger partial charge in [-0.15, -0.1) is 0 Å². The van der Waals surface area contributed by atoms with E-state index in [1.807, 2.05) is 0 Å². The van der Waals surface area contributed by atoms with Crippen LogP contribution in [0.15, 0.2) is 24.3 Å². The van der Waals surface area contributed by atoms with Crippen LogP contribution >= 0.6 is 0 Å². The summed E-state index contributed by atoms with van der Waals surface area (Å²) < 4.78 is 6.14. The number of hydrogen-bond donors (Lipinski definition) is 0. The van der Waals surface area contributed by atoms with Crippen molar-refractivity contribution in [1.29, 1.82) is 0 Å². The van der Waals surface area contributed by atoms with Crippen LogP contribution in [0.2, 0.25) is 0 Å². The Kier molecular flexibility index (Phi) is 15.0. The zero-order chi connectivity index (χ0) is 25.3. The van der Waals surface area contributed by atoms with Crippen LogP contribution in [0.4, 0.5) is 0 Å². The summed E-state index contributed by atoms with van der Waals surface area (Å²) in [6.45, 7) is 5.51. The summed E-state index contributed by atoms with van der Waals surface area (Å²) in [4.78, 5) is 0. The van der Waals surface area contributed by atoms with Crippen molar-refractivity contribution in [2.45, 2.75) is 161 Å². The van der Waals surface area contributed by atoms with E-state index < -0.39 is 0 Å². The Labute approximate surface area is 225 Å². The van der Waals surface area contributed by atoms with Crippen LogP contribution in [-0.2, 0) is 0 Å². The van der Waals surface area contributed by atoms with Crippen molar-refractivity contribution >= 4 is 0 Å². The first-order chi connectivity index (χ1) is 17.8. The molecule has 2 aliphatic carbocycles. The SMILES string of the molecule is CCCCCCC[C@H]1CC[C@H](CCCOc2ccc([C@H]3CC[C@H](CCCCCCC)CC3)cc2)CC1. The van der Waals surface area contributed by atoms with Crippen molar-refractivity contribution in [3.05, 3.63) is 29.8 Å². The number of unbranched alkanes of at least 4 members (excludes halogenated alkanes) is 8. The van der Waals surface area contributed by atoms with Crippen molar-refractivity contribution in [2.24, 2.45) is 17.8 Å². The van der Waals surface area contributed by atoms with Gasteiger partial charge in [-0.05, 0) is 79.9 Å². The predicted octanol–water partition coefficient (Wildman–Crippen LogP) is 11.6. The lowest BCUT2D eigenvalue weighted by atomic mass is 9.77. The summed E-state index contributed by atoms with van der Waals surface area (Å²) in [5, 5.41) is 0. The molecule has 3 rings (SSSR count). The Balaban J connectivity index is 1.21. The lowest BCUT2D eigenvalue weighted by Crippen LogP contribution is -2.15. The molecule has 206 valence electrons. The van der Waals surface area contributed by atoms with Crippen LogP contribution < -0.4 is 4.74 Å². The van der Waals surface area contributed by atoms with E-state index in [1.165, 1.54) is 141 Å². The van der Waals surface area contributed by atoms with Gasteiger partial charge >= 0.3 is 0 Å². The van der Waals surface area contributed by atoms with Gasteiger partial charge in [0.1, 0.15) is 5.75 Å². The average molecular weight is 497 g/mol. The fraction of sp³-hybridized carbons (Fsp3) is 0.829. The predicted molar refractivity (Wildman–Crippen MR) is 158 cm³/mol. The van der Waals surface area contributed by atoms with Crippen LogP contribution in [0.1, 0.15) is 167 Å². The molecule has 0 spiro atoms. The minimum absolute atomic E-state index is 0.779. The Morgan fingerprint density at radius 2 is 0.972 bits per heavy atom. The highest BCUT2D eigenvalue weighted by molar-refractivity contribution is 5.29. The highest BCUT2D eigenvalue weighted by Gasteiger charge is 2.22. The maximum Gasteiger partial charge on any atom is 0.119 e. The molecule has 0 unspecified atom stereocenters. The third-order valence-electron chi connectivity index (χ3n) is 9.62.